The number of aliphatic imine (C=N–C) groups is 1. The first-order valence-corrected chi connectivity index (χ1v) is 10.7. The number of hydrogen-bond donors (Lipinski definition) is 1. The van der Waals surface area contributed by atoms with E-state index in [1.165, 1.54) is 5.57 Å². The van der Waals surface area contributed by atoms with Gasteiger partial charge in [0.15, 0.2) is 0 Å². The maximum atomic E-state index is 13.1. The van der Waals surface area contributed by atoms with Gasteiger partial charge in [-0.05, 0) is 30.5 Å². The van der Waals surface area contributed by atoms with Gasteiger partial charge in [0.25, 0.3) is 0 Å². The Bertz CT molecular complexity index is 1060. The highest BCUT2D eigenvalue weighted by molar-refractivity contribution is 5.68. The highest BCUT2D eigenvalue weighted by atomic mass is 19.4. The molecule has 32 heavy (non-hydrogen) atoms. The molecular formula is C22H23F3N6O. The first kappa shape index (κ1) is 20.9. The van der Waals surface area contributed by atoms with Crippen molar-refractivity contribution in [3.8, 4) is 0 Å². The molecule has 7 nitrogen and oxygen atoms in total. The lowest BCUT2D eigenvalue weighted by atomic mass is 9.96. The molecule has 1 fully saturated rings. The molecule has 0 atom stereocenters. The molecule has 10 heteroatoms. The van der Waals surface area contributed by atoms with E-state index in [9.17, 15) is 13.2 Å². The molecule has 2 aromatic rings. The quantitative estimate of drug-likeness (QED) is 0.750. The van der Waals surface area contributed by atoms with Gasteiger partial charge in [-0.3, -0.25) is 4.99 Å². The number of ether oxygens (including phenoxy) is 1. The summed E-state index contributed by atoms with van der Waals surface area (Å²) >= 11 is 0. The Hall–Kier alpha value is -3.01. The first-order chi connectivity index (χ1) is 15.5. The van der Waals surface area contributed by atoms with Gasteiger partial charge in [-0.15, -0.1) is 0 Å². The molecular weight excluding hydrogens is 421 g/mol. The fourth-order valence-electron chi connectivity index (χ4n) is 4.26. The van der Waals surface area contributed by atoms with Crippen LogP contribution in [0, 0.1) is 0 Å². The average molecular weight is 444 g/mol. The molecule has 0 spiro atoms. The second-order valence-corrected chi connectivity index (χ2v) is 8.15. The smallest absolute Gasteiger partial charge is 0.381 e. The highest BCUT2D eigenvalue weighted by Crippen LogP contribution is 2.33. The maximum Gasteiger partial charge on any atom is 0.416 e. The summed E-state index contributed by atoms with van der Waals surface area (Å²) in [4.78, 5) is 20.1. The summed E-state index contributed by atoms with van der Waals surface area (Å²) in [5.74, 6) is 1.32. The van der Waals surface area contributed by atoms with Gasteiger partial charge in [0.05, 0.1) is 11.3 Å². The second-order valence-electron chi connectivity index (χ2n) is 8.15. The van der Waals surface area contributed by atoms with Crippen LogP contribution in [0.25, 0.3) is 0 Å². The van der Waals surface area contributed by atoms with Crippen LogP contribution in [-0.4, -0.2) is 47.5 Å². The van der Waals surface area contributed by atoms with Crippen molar-refractivity contribution in [1.82, 2.24) is 15.0 Å². The molecule has 0 saturated carbocycles. The number of rotatable bonds is 4. The van der Waals surface area contributed by atoms with Crippen molar-refractivity contribution >= 4 is 23.8 Å². The van der Waals surface area contributed by atoms with Crippen LogP contribution in [0.4, 0.5) is 30.8 Å². The van der Waals surface area contributed by atoms with Crippen LogP contribution in [0.3, 0.4) is 0 Å². The molecule has 0 aromatic carbocycles. The molecule has 5 rings (SSSR count). The van der Waals surface area contributed by atoms with Gasteiger partial charge in [-0.25, -0.2) is 9.97 Å². The van der Waals surface area contributed by atoms with Gasteiger partial charge in [-0.2, -0.15) is 18.2 Å². The van der Waals surface area contributed by atoms with E-state index in [2.05, 4.69) is 25.2 Å². The van der Waals surface area contributed by atoms with E-state index < -0.39 is 11.7 Å². The van der Waals surface area contributed by atoms with Crippen molar-refractivity contribution in [2.45, 2.75) is 37.8 Å². The summed E-state index contributed by atoms with van der Waals surface area (Å²) in [6.07, 6.45) is 2.00. The third-order valence-electron chi connectivity index (χ3n) is 5.99. The summed E-state index contributed by atoms with van der Waals surface area (Å²) in [6.45, 7) is 2.78. The standard InChI is InChI=1S/C22H23F3N6O/c23-22(24,25)16-2-7-27-19(11-16)29-20-12-18(14-4-9-32-10-5-14)28-21(30-20)31-8-3-17-15(13-31)1-6-26-17/h2,6-7,11-12,14H,1,3-5,8-10,13H2,(H,27,28,29,30). The van der Waals surface area contributed by atoms with Crippen molar-refractivity contribution in [3.63, 3.8) is 0 Å². The van der Waals surface area contributed by atoms with Crippen LogP contribution in [0.2, 0.25) is 0 Å². The van der Waals surface area contributed by atoms with Crippen molar-refractivity contribution in [2.24, 2.45) is 4.99 Å². The zero-order valence-corrected chi connectivity index (χ0v) is 17.4. The van der Waals surface area contributed by atoms with Crippen LogP contribution in [-0.2, 0) is 10.9 Å². The van der Waals surface area contributed by atoms with Gasteiger partial charge in [0, 0.05) is 69.2 Å². The van der Waals surface area contributed by atoms with Crippen LogP contribution in [0.15, 0.2) is 40.7 Å². The molecule has 168 valence electrons. The molecule has 5 heterocycles. The highest BCUT2D eigenvalue weighted by Gasteiger charge is 2.31. The molecule has 1 N–H and O–H groups in total. The van der Waals surface area contributed by atoms with Crippen molar-refractivity contribution in [3.05, 3.63) is 46.9 Å². The predicted octanol–water partition coefficient (Wildman–Crippen LogP) is 4.47. The monoisotopic (exact) mass is 444 g/mol. The molecule has 0 amide bonds. The van der Waals surface area contributed by atoms with E-state index in [-0.39, 0.29) is 11.7 Å². The van der Waals surface area contributed by atoms with E-state index in [4.69, 9.17) is 9.72 Å². The largest absolute Gasteiger partial charge is 0.416 e. The summed E-state index contributed by atoms with van der Waals surface area (Å²) < 4.78 is 44.8. The number of nitrogens with one attached hydrogen (secondary N) is 1. The van der Waals surface area contributed by atoms with Gasteiger partial charge >= 0.3 is 6.18 Å². The van der Waals surface area contributed by atoms with Gasteiger partial charge in [0.2, 0.25) is 5.95 Å². The molecule has 0 bridgehead atoms. The molecule has 0 unspecified atom stereocenters. The molecule has 2 aromatic heterocycles. The number of halogens is 3. The number of aromatic nitrogens is 3. The molecule has 0 radical (unpaired) electrons. The van der Waals surface area contributed by atoms with Gasteiger partial charge in [-0.1, -0.05) is 0 Å². The summed E-state index contributed by atoms with van der Waals surface area (Å²) in [5.41, 5.74) is 2.53. The third kappa shape index (κ3) is 4.45. The average Bonchev–Trinajstić information content (AvgIpc) is 3.27. The zero-order chi connectivity index (χ0) is 22.1. The third-order valence-corrected chi connectivity index (χ3v) is 5.99. The van der Waals surface area contributed by atoms with E-state index in [1.807, 2.05) is 12.3 Å². The fourth-order valence-corrected chi connectivity index (χ4v) is 4.26. The minimum atomic E-state index is -4.44. The van der Waals surface area contributed by atoms with Crippen LogP contribution in [0.1, 0.15) is 42.9 Å². The maximum absolute atomic E-state index is 13.1. The van der Waals surface area contributed by atoms with Crippen molar-refractivity contribution in [1.29, 1.82) is 0 Å². The zero-order valence-electron chi connectivity index (χ0n) is 17.4. The Morgan fingerprint density at radius 1 is 1.09 bits per heavy atom. The van der Waals surface area contributed by atoms with Crippen molar-refractivity contribution in [2.75, 3.05) is 36.5 Å². The molecule has 1 saturated heterocycles. The number of alkyl halides is 3. The lowest BCUT2D eigenvalue weighted by Gasteiger charge is -2.29. The fraction of sp³-hybridized carbons (Fsp3) is 0.455. The SMILES string of the molecule is FC(F)(F)c1ccnc(Nc2cc(C3CCOCC3)nc(N3CCC4=C(CC=N4)C3)n2)c1. The summed E-state index contributed by atoms with van der Waals surface area (Å²) in [7, 11) is 0. The topological polar surface area (TPSA) is 75.5 Å². The van der Waals surface area contributed by atoms with E-state index in [0.29, 0.717) is 31.5 Å². The van der Waals surface area contributed by atoms with Gasteiger partial charge < -0.3 is 15.0 Å². The lowest BCUT2D eigenvalue weighted by Crippen LogP contribution is -2.32. The van der Waals surface area contributed by atoms with E-state index in [1.54, 1.807) is 0 Å². The second kappa shape index (κ2) is 8.50. The number of hydrogen-bond acceptors (Lipinski definition) is 7. The van der Waals surface area contributed by atoms with Crippen LogP contribution >= 0.6 is 0 Å². The number of pyridine rings is 1. The number of nitrogens with zero attached hydrogens (tertiary/aromatic N) is 5. The van der Waals surface area contributed by atoms with E-state index in [0.717, 1.165) is 61.9 Å². The molecule has 3 aliphatic rings. The first-order valence-electron chi connectivity index (χ1n) is 10.7. The van der Waals surface area contributed by atoms with Crippen molar-refractivity contribution < 1.29 is 17.9 Å². The molecule has 3 aliphatic heterocycles. The number of anilines is 3. The Kier molecular flexibility index (Phi) is 5.54. The molecule has 0 aliphatic carbocycles. The van der Waals surface area contributed by atoms with E-state index >= 15 is 0 Å². The Labute approximate surface area is 183 Å². The predicted molar refractivity (Wildman–Crippen MR) is 114 cm³/mol. The minimum Gasteiger partial charge on any atom is -0.381 e. The Morgan fingerprint density at radius 2 is 1.94 bits per heavy atom. The van der Waals surface area contributed by atoms with Crippen LogP contribution in [0.5, 0.6) is 0 Å². The minimum absolute atomic E-state index is 0.0928. The summed E-state index contributed by atoms with van der Waals surface area (Å²) in [5, 5.41) is 2.96. The summed E-state index contributed by atoms with van der Waals surface area (Å²) in [6, 6.07) is 3.76. The lowest BCUT2D eigenvalue weighted by molar-refractivity contribution is -0.137. The normalized spacial score (nSPS) is 19.4. The Morgan fingerprint density at radius 3 is 2.75 bits per heavy atom. The van der Waals surface area contributed by atoms with Crippen LogP contribution < -0.4 is 10.2 Å². The van der Waals surface area contributed by atoms with Gasteiger partial charge in [0.1, 0.15) is 11.6 Å². The Balaban J connectivity index is 1.46.